The van der Waals surface area contributed by atoms with Gasteiger partial charge in [-0.2, -0.15) is 0 Å². The Morgan fingerprint density at radius 3 is 2.54 bits per heavy atom. The molecule has 11 fully saturated rings. The number of allylic oxidation sites excluding steroid dienone is 5. The molecular formula is C79H97N3O5. The van der Waals surface area contributed by atoms with E-state index < -0.39 is 16.4 Å². The number of aliphatic hydroxyl groups is 1. The van der Waals surface area contributed by atoms with Gasteiger partial charge in [0.2, 0.25) is 0 Å². The average Bonchev–Trinajstić information content (AvgIpc) is 1.53. The molecule has 7 heterocycles. The Labute approximate surface area is 518 Å². The lowest BCUT2D eigenvalue weighted by Gasteiger charge is -2.75. The molecule has 0 radical (unpaired) electrons. The number of aryl methyl sites for hydroxylation is 1. The minimum absolute atomic E-state index is 0.0267. The first kappa shape index (κ1) is 52.6. The summed E-state index contributed by atoms with van der Waals surface area (Å²) in [5, 5.41) is 14.6. The zero-order valence-corrected chi connectivity index (χ0v) is 52.4. The molecule has 14 aliphatic carbocycles. The molecule has 22 rings (SSSR count). The van der Waals surface area contributed by atoms with Gasteiger partial charge >= 0.3 is 11.9 Å². The number of hydrogen-bond donors (Lipinski definition) is 2. The maximum absolute atomic E-state index is 17.2. The zero-order chi connectivity index (χ0) is 57.6. The predicted octanol–water partition coefficient (Wildman–Crippen LogP) is 15.1. The Kier molecular flexibility index (Phi) is 10.5. The Bertz CT molecular complexity index is 3500. The van der Waals surface area contributed by atoms with Crippen LogP contribution in [0.15, 0.2) is 76.4 Å². The summed E-state index contributed by atoms with van der Waals surface area (Å²) in [5.41, 5.74) is 13.4. The first-order valence-corrected chi connectivity index (χ1v) is 37.0. The van der Waals surface area contributed by atoms with E-state index in [0.717, 1.165) is 56.3 Å². The summed E-state index contributed by atoms with van der Waals surface area (Å²) < 4.78 is 15.3. The minimum Gasteiger partial charge on any atom is -0.509 e. The number of benzene rings is 1. The van der Waals surface area contributed by atoms with Gasteiger partial charge in [-0.3, -0.25) is 9.69 Å². The molecular weight excluding hydrogens is 1070 g/mol. The van der Waals surface area contributed by atoms with E-state index in [-0.39, 0.29) is 63.9 Å². The van der Waals surface area contributed by atoms with E-state index in [9.17, 15) is 5.11 Å². The highest BCUT2D eigenvalue weighted by molar-refractivity contribution is 6.00. The van der Waals surface area contributed by atoms with Gasteiger partial charge < -0.3 is 25.2 Å². The summed E-state index contributed by atoms with van der Waals surface area (Å²) in [4.78, 5) is 39.3. The Morgan fingerprint density at radius 1 is 0.805 bits per heavy atom. The van der Waals surface area contributed by atoms with Crippen molar-refractivity contribution in [3.05, 3.63) is 93.1 Å². The van der Waals surface area contributed by atoms with Crippen LogP contribution in [-0.4, -0.2) is 64.6 Å². The van der Waals surface area contributed by atoms with Gasteiger partial charge in [0.05, 0.1) is 11.0 Å². The fourth-order valence-electron chi connectivity index (χ4n) is 31.1. The van der Waals surface area contributed by atoms with Gasteiger partial charge in [-0.05, 0) is 245 Å². The van der Waals surface area contributed by atoms with Crippen LogP contribution in [0.4, 0.5) is 0 Å². The van der Waals surface area contributed by atoms with Crippen molar-refractivity contribution in [3.63, 3.8) is 0 Å². The highest BCUT2D eigenvalue weighted by Crippen LogP contribution is 2.89. The highest BCUT2D eigenvalue weighted by atomic mass is 16.6. The van der Waals surface area contributed by atoms with Crippen LogP contribution in [0.1, 0.15) is 221 Å². The molecule has 8 heteroatoms. The summed E-state index contributed by atoms with van der Waals surface area (Å²) in [5.74, 6) is 14.0. The van der Waals surface area contributed by atoms with Crippen molar-refractivity contribution in [2.45, 2.75) is 230 Å². The van der Waals surface area contributed by atoms with Crippen LogP contribution in [0.5, 0.6) is 0 Å². The van der Waals surface area contributed by atoms with Gasteiger partial charge in [-0.15, -0.1) is 5.92 Å². The minimum atomic E-state index is -1.18. The van der Waals surface area contributed by atoms with Gasteiger partial charge in [-0.1, -0.05) is 106 Å². The van der Waals surface area contributed by atoms with E-state index in [1.807, 2.05) is 0 Å². The first-order valence-electron chi connectivity index (χ1n) is 37.0. The molecule has 0 aromatic heterocycles. The molecule has 0 unspecified atom stereocenters. The molecule has 87 heavy (non-hydrogen) atoms. The Morgan fingerprint density at radius 2 is 1.66 bits per heavy atom. The van der Waals surface area contributed by atoms with E-state index in [4.69, 9.17) is 15.2 Å². The first-order chi connectivity index (χ1) is 42.5. The summed E-state index contributed by atoms with van der Waals surface area (Å²) >= 11 is 0. The third-order valence-electron chi connectivity index (χ3n) is 33.3. The lowest BCUT2D eigenvalue weighted by Crippen LogP contribution is -2.78. The standard InChI is InChI=1S/C79H97N3O5/c1-45-34-51-36-56-48-21-31-74-44-82-60-18-7-15-53-16-9-28-75(53)29-11-30-76(75)42-52(41-73(76)26-4-5-27-73)61(82)39-62(83)69-77-32-22-54-65(67(51)81(68(56)74)43-57(60)59(74)37-48)55(45)35-49-20-19-47(50-13-8-25-72(40-50)23-2-3-24-72)38-63(78(77,66(49)54)71(85)86-69)79(77)58-17-6-12-46(14-10-33-80)64(58)70(84)87-79/h6,12,17,19-21,31,45,47-50,52-53,55-57,59-61,63,65,68,83H,2-5,8-11,13-14,16,18,22-30,32-44,80H2,1H3/b20-19-,69-62-/t45-,47-,48+,49+,50+,52+,53-,55+,56+,57+,59-,60+,61+,63-,65-,68-,74+,75-,76-,77+,78+,79+/m0/s1. The maximum atomic E-state index is 17.2. The quantitative estimate of drug-likeness (QED) is 0.175. The molecule has 458 valence electrons. The van der Waals surface area contributed by atoms with Crippen molar-refractivity contribution in [2.24, 2.45) is 121 Å². The second-order valence-corrected chi connectivity index (χ2v) is 35.1. The molecule has 8 spiro atoms. The molecule has 3 N–H and O–H groups in total. The third kappa shape index (κ3) is 5.82. The lowest BCUT2D eigenvalue weighted by atomic mass is 9.27. The van der Waals surface area contributed by atoms with E-state index in [2.05, 4.69) is 71.1 Å². The van der Waals surface area contributed by atoms with E-state index in [1.165, 1.54) is 153 Å². The highest BCUT2D eigenvalue weighted by Gasteiger charge is 2.94. The fourth-order valence-corrected chi connectivity index (χ4v) is 31.1. The maximum Gasteiger partial charge on any atom is 0.339 e. The molecule has 12 bridgehead atoms. The fraction of sp³-hybridized carbons (Fsp3) is 0.747. The molecule has 7 aliphatic heterocycles. The van der Waals surface area contributed by atoms with Gasteiger partial charge in [0.15, 0.2) is 11.4 Å². The number of rotatable bonds is 4. The number of carbonyl (C=O) groups excluding carboxylic acids is 2. The van der Waals surface area contributed by atoms with Crippen LogP contribution in [0, 0.1) is 127 Å². The molecule has 3 saturated heterocycles. The van der Waals surface area contributed by atoms with Gasteiger partial charge in [0.25, 0.3) is 0 Å². The van der Waals surface area contributed by atoms with Gasteiger partial charge in [-0.25, -0.2) is 4.79 Å². The number of fused-ring (bicyclic) bond motifs is 7. The number of ether oxygens (including phenoxy) is 2. The lowest BCUT2D eigenvalue weighted by molar-refractivity contribution is -0.282. The van der Waals surface area contributed by atoms with Crippen LogP contribution in [-0.2, 0) is 26.3 Å². The SMILES string of the molecule is C[C@H]1CC2=C3[C@H]4C5=C6[C@H](/C=C\[C@H]([C@@H]7CCCC8(CCCC8)C7)C[C@H]7[C@]68C(=O)O/C(=C(\O)C[C@@H]6[C@@H]9CC%10(CCCC%10)[C@]%10(CCC[C@]%10%11CCC[C@@H]%11C#CC[C@@H]%10[C@@H]%11CN3[C@H]3[C@H](C2)[C@@H]2C=C[C@@]3(CN6%10)[C@H]%11C2)C9)[C@@]8(CC5)[C@]72OC(=O)c3c(CCCN)cccc32)C[C@@H]41. The summed E-state index contributed by atoms with van der Waals surface area (Å²) in [6.07, 6.45) is 47.3. The second kappa shape index (κ2) is 17.3. The third-order valence-corrected chi connectivity index (χ3v) is 33.3. The number of hydrogen-bond acceptors (Lipinski definition) is 8. The van der Waals surface area contributed by atoms with Crippen molar-refractivity contribution in [1.29, 1.82) is 0 Å². The van der Waals surface area contributed by atoms with E-state index in [1.54, 1.807) is 16.8 Å². The number of piperidine rings is 2. The van der Waals surface area contributed by atoms with Crippen molar-refractivity contribution in [3.8, 4) is 11.8 Å². The molecule has 8 nitrogen and oxygen atoms in total. The summed E-state index contributed by atoms with van der Waals surface area (Å²) in [7, 11) is 0. The number of nitrogens with two attached hydrogens (primary N) is 1. The molecule has 21 aliphatic rings. The van der Waals surface area contributed by atoms with E-state index in [0.29, 0.717) is 113 Å². The molecule has 8 saturated carbocycles. The van der Waals surface area contributed by atoms with Crippen LogP contribution in [0.25, 0.3) is 0 Å². The monoisotopic (exact) mass is 1170 g/mol. The Balaban J connectivity index is 0.842. The normalized spacial score (nSPS) is 52.1. The second-order valence-electron chi connectivity index (χ2n) is 35.1. The number of carbonyl (C=O) groups is 2. The van der Waals surface area contributed by atoms with Crippen LogP contribution in [0.3, 0.4) is 0 Å². The van der Waals surface area contributed by atoms with Crippen LogP contribution >= 0.6 is 0 Å². The van der Waals surface area contributed by atoms with Crippen molar-refractivity contribution < 1.29 is 24.2 Å². The largest absolute Gasteiger partial charge is 0.509 e. The summed E-state index contributed by atoms with van der Waals surface area (Å²) in [6, 6.07) is 7.41. The zero-order valence-electron chi connectivity index (χ0n) is 52.4. The molecule has 1 aromatic carbocycles. The van der Waals surface area contributed by atoms with Gasteiger partial charge in [0.1, 0.15) is 11.2 Å². The van der Waals surface area contributed by atoms with Crippen LogP contribution in [0.2, 0.25) is 0 Å². The van der Waals surface area contributed by atoms with Crippen molar-refractivity contribution in [2.75, 3.05) is 19.6 Å². The molecule has 22 atom stereocenters. The number of nitrogens with zero attached hydrogens (tertiary/aromatic N) is 2. The van der Waals surface area contributed by atoms with Gasteiger partial charge in [0, 0.05) is 78.5 Å². The van der Waals surface area contributed by atoms with Crippen molar-refractivity contribution >= 4 is 11.9 Å². The average molecular weight is 1170 g/mol. The molecule has 0 amide bonds. The molecule has 1 aromatic rings. The Hall–Kier alpha value is -4.06. The van der Waals surface area contributed by atoms with Crippen LogP contribution < -0.4 is 5.73 Å². The van der Waals surface area contributed by atoms with E-state index >= 15 is 9.59 Å². The topological polar surface area (TPSA) is 105 Å². The van der Waals surface area contributed by atoms with Crippen molar-refractivity contribution in [1.82, 2.24) is 9.80 Å². The summed E-state index contributed by atoms with van der Waals surface area (Å²) in [6.45, 7) is 5.34. The predicted molar refractivity (Wildman–Crippen MR) is 334 cm³/mol. The smallest absolute Gasteiger partial charge is 0.339 e. The number of aliphatic hydroxyl groups excluding tert-OH is 1. The number of esters is 2.